The van der Waals surface area contributed by atoms with Crippen molar-refractivity contribution in [1.29, 1.82) is 0 Å². The lowest BCUT2D eigenvalue weighted by Gasteiger charge is -2.16. The number of rotatable bonds is 7. The van der Waals surface area contributed by atoms with Crippen LogP contribution in [-0.2, 0) is 19.3 Å². The van der Waals surface area contributed by atoms with E-state index in [0.29, 0.717) is 5.92 Å². The van der Waals surface area contributed by atoms with Crippen LogP contribution in [0.5, 0.6) is 0 Å². The molecule has 26 heavy (non-hydrogen) atoms. The van der Waals surface area contributed by atoms with Crippen molar-refractivity contribution >= 4 is 10.9 Å². The van der Waals surface area contributed by atoms with Crippen molar-refractivity contribution in [2.45, 2.75) is 19.3 Å². The summed E-state index contributed by atoms with van der Waals surface area (Å²) in [5.74, 6) is 0.505. The molecule has 4 rings (SSSR count). The maximum Gasteiger partial charge on any atom is 0.0456 e. The van der Waals surface area contributed by atoms with E-state index in [9.17, 15) is 0 Å². The predicted molar refractivity (Wildman–Crippen MR) is 110 cm³/mol. The van der Waals surface area contributed by atoms with Crippen molar-refractivity contribution in [3.05, 3.63) is 114 Å². The van der Waals surface area contributed by atoms with Gasteiger partial charge in [-0.05, 0) is 60.2 Å². The van der Waals surface area contributed by atoms with Crippen molar-refractivity contribution in [2.75, 3.05) is 0 Å². The minimum atomic E-state index is 0.505. The minimum Gasteiger partial charge on any atom is -0.358 e. The van der Waals surface area contributed by atoms with Crippen molar-refractivity contribution in [1.82, 2.24) is 4.98 Å². The second-order valence-corrected chi connectivity index (χ2v) is 6.96. The lowest BCUT2D eigenvalue weighted by Crippen LogP contribution is -2.11. The van der Waals surface area contributed by atoms with Crippen molar-refractivity contribution in [3.8, 4) is 0 Å². The number of aromatic nitrogens is 1. The monoisotopic (exact) mass is 338 g/mol. The fourth-order valence-corrected chi connectivity index (χ4v) is 3.60. The van der Waals surface area contributed by atoms with Gasteiger partial charge < -0.3 is 4.98 Å². The van der Waals surface area contributed by atoms with Gasteiger partial charge in [0.25, 0.3) is 0 Å². The van der Waals surface area contributed by atoms with E-state index in [-0.39, 0.29) is 0 Å². The van der Waals surface area contributed by atoms with Crippen LogP contribution >= 0.6 is 0 Å². The summed E-state index contributed by atoms with van der Waals surface area (Å²) in [6, 6.07) is 32.4. The van der Waals surface area contributed by atoms with Crippen LogP contribution < -0.4 is 0 Å². The van der Waals surface area contributed by atoms with Crippen LogP contribution in [0.3, 0.4) is 0 Å². The van der Waals surface area contributed by atoms with Crippen LogP contribution in [0.25, 0.3) is 10.9 Å². The third-order valence-corrected chi connectivity index (χ3v) is 4.94. The van der Waals surface area contributed by atoms with Crippen molar-refractivity contribution < 1.29 is 0 Å². The third-order valence-electron chi connectivity index (χ3n) is 4.94. The largest absolute Gasteiger partial charge is 0.358 e. The molecule has 1 heteroatoms. The molecule has 0 bridgehead atoms. The lowest BCUT2D eigenvalue weighted by molar-refractivity contribution is 0.579. The molecule has 4 aromatic rings. The van der Waals surface area contributed by atoms with Gasteiger partial charge in [-0.2, -0.15) is 0 Å². The molecule has 0 spiro atoms. The van der Waals surface area contributed by atoms with E-state index >= 15 is 0 Å². The lowest BCUT2D eigenvalue weighted by atomic mass is 9.89. The summed E-state index contributed by atoms with van der Waals surface area (Å²) in [6.45, 7) is 0. The molecule has 1 unspecified atom stereocenters. The third kappa shape index (κ3) is 4.23. The van der Waals surface area contributed by atoms with E-state index in [2.05, 4.69) is 102 Å². The average Bonchev–Trinajstić information content (AvgIpc) is 3.10. The summed E-state index contributed by atoms with van der Waals surface area (Å²) in [4.78, 5) is 3.59. The Morgan fingerprint density at radius 2 is 1.35 bits per heavy atom. The van der Waals surface area contributed by atoms with Crippen LogP contribution in [0, 0.1) is 12.3 Å². The Hall–Kier alpha value is -2.80. The smallest absolute Gasteiger partial charge is 0.0456 e. The van der Waals surface area contributed by atoms with Crippen molar-refractivity contribution in [2.24, 2.45) is 5.92 Å². The van der Waals surface area contributed by atoms with E-state index in [1.54, 1.807) is 0 Å². The highest BCUT2D eigenvalue weighted by atomic mass is 14.7. The number of hydrogen-bond acceptors (Lipinski definition) is 0. The molecule has 0 aliphatic rings. The molecule has 129 valence electrons. The zero-order chi connectivity index (χ0) is 17.6. The Balaban J connectivity index is 1.50. The van der Waals surface area contributed by atoms with E-state index < -0.39 is 0 Å². The van der Waals surface area contributed by atoms with Crippen molar-refractivity contribution in [3.63, 3.8) is 0 Å². The molecule has 0 saturated carbocycles. The maximum atomic E-state index is 3.59. The van der Waals surface area contributed by atoms with Gasteiger partial charge in [0, 0.05) is 11.2 Å². The quantitative estimate of drug-likeness (QED) is 0.424. The summed E-state index contributed by atoms with van der Waals surface area (Å²) in [5.41, 5.74) is 5.32. The number of aromatic amines is 1. The zero-order valence-electron chi connectivity index (χ0n) is 14.9. The highest BCUT2D eigenvalue weighted by Crippen LogP contribution is 2.22. The molecule has 1 N–H and O–H groups in total. The number of para-hydroxylation sites is 1. The summed E-state index contributed by atoms with van der Waals surface area (Å²) in [5, 5.41) is 1.30. The van der Waals surface area contributed by atoms with Gasteiger partial charge in [0.2, 0.25) is 0 Å². The number of H-pyrrole nitrogens is 1. The summed E-state index contributed by atoms with van der Waals surface area (Å²) < 4.78 is 0. The highest BCUT2D eigenvalue weighted by Gasteiger charge is 2.13. The fourth-order valence-electron chi connectivity index (χ4n) is 3.60. The molecule has 0 aliphatic heterocycles. The molecule has 1 aromatic heterocycles. The SMILES string of the molecule is [CH](Cc1ccccc1)C(Cc1ccccc1)Cc1cc2ccccc2[nH]1. The first kappa shape index (κ1) is 16.7. The van der Waals surface area contributed by atoms with Gasteiger partial charge in [0.1, 0.15) is 0 Å². The van der Waals surface area contributed by atoms with Crippen LogP contribution in [0.15, 0.2) is 91.0 Å². The Morgan fingerprint density at radius 1 is 0.692 bits per heavy atom. The van der Waals surface area contributed by atoms with Gasteiger partial charge in [-0.15, -0.1) is 0 Å². The summed E-state index contributed by atoms with van der Waals surface area (Å²) in [6.07, 6.45) is 5.60. The van der Waals surface area contributed by atoms with Gasteiger partial charge in [0.15, 0.2) is 0 Å². The number of hydrogen-bond donors (Lipinski definition) is 1. The van der Waals surface area contributed by atoms with Crippen LogP contribution in [0.2, 0.25) is 0 Å². The molecule has 1 heterocycles. The molecule has 0 amide bonds. The van der Waals surface area contributed by atoms with Crippen LogP contribution in [-0.4, -0.2) is 4.98 Å². The highest BCUT2D eigenvalue weighted by molar-refractivity contribution is 5.80. The van der Waals surface area contributed by atoms with E-state index in [0.717, 1.165) is 19.3 Å². The van der Waals surface area contributed by atoms with Gasteiger partial charge in [-0.3, -0.25) is 0 Å². The van der Waals surface area contributed by atoms with Crippen LogP contribution in [0.4, 0.5) is 0 Å². The molecule has 3 aromatic carbocycles. The Morgan fingerprint density at radius 3 is 2.08 bits per heavy atom. The Bertz CT molecular complexity index is 904. The Kier molecular flexibility index (Phi) is 5.16. The molecular weight excluding hydrogens is 314 g/mol. The number of benzene rings is 3. The second kappa shape index (κ2) is 8.05. The average molecular weight is 338 g/mol. The van der Waals surface area contributed by atoms with Crippen LogP contribution in [0.1, 0.15) is 16.8 Å². The molecule has 1 radical (unpaired) electrons. The zero-order valence-corrected chi connectivity index (χ0v) is 14.9. The second-order valence-electron chi connectivity index (χ2n) is 6.96. The topological polar surface area (TPSA) is 15.8 Å². The molecule has 1 atom stereocenters. The van der Waals surface area contributed by atoms with E-state index in [4.69, 9.17) is 0 Å². The molecule has 0 fully saturated rings. The maximum absolute atomic E-state index is 3.59. The molecule has 0 aliphatic carbocycles. The normalized spacial score (nSPS) is 12.3. The Labute approximate surface area is 155 Å². The number of nitrogens with one attached hydrogen (secondary N) is 1. The van der Waals surface area contributed by atoms with Gasteiger partial charge >= 0.3 is 0 Å². The van der Waals surface area contributed by atoms with Gasteiger partial charge in [-0.1, -0.05) is 78.9 Å². The first-order valence-corrected chi connectivity index (χ1v) is 9.34. The van der Waals surface area contributed by atoms with E-state index in [1.165, 1.54) is 27.7 Å². The fraction of sp³-hybridized carbons (Fsp3) is 0.160. The first-order chi connectivity index (χ1) is 12.9. The summed E-state index contributed by atoms with van der Waals surface area (Å²) >= 11 is 0. The molecular formula is C25H24N. The first-order valence-electron chi connectivity index (χ1n) is 9.34. The summed E-state index contributed by atoms with van der Waals surface area (Å²) in [7, 11) is 0. The van der Waals surface area contributed by atoms with E-state index in [1.807, 2.05) is 0 Å². The minimum absolute atomic E-state index is 0.505. The molecule has 0 saturated heterocycles. The van der Waals surface area contributed by atoms with Gasteiger partial charge in [0.05, 0.1) is 0 Å². The number of fused-ring (bicyclic) bond motifs is 1. The predicted octanol–water partition coefficient (Wildman–Crippen LogP) is 6.02. The molecule has 1 nitrogen and oxygen atoms in total. The van der Waals surface area contributed by atoms with Gasteiger partial charge in [-0.25, -0.2) is 0 Å². The standard InChI is InChI=1S/C25H24N/c1-3-9-20(10-4-1)15-16-22(17-21-11-5-2-6-12-21)18-24-19-23-13-7-8-14-25(23)26-24/h1-14,16,19,22,26H,15,17-18H2.